The van der Waals surface area contributed by atoms with Gasteiger partial charge in [-0.25, -0.2) is 4.98 Å². The third kappa shape index (κ3) is 1.95. The summed E-state index contributed by atoms with van der Waals surface area (Å²) in [6, 6.07) is 4.99. The molecule has 2 aromatic rings. The van der Waals surface area contributed by atoms with Gasteiger partial charge in [0.15, 0.2) is 8.76 Å². The van der Waals surface area contributed by atoms with E-state index in [4.69, 9.17) is 0 Å². The topological polar surface area (TPSA) is 22.1 Å². The van der Waals surface area contributed by atoms with Crippen molar-refractivity contribution in [2.75, 3.05) is 0 Å². The van der Waals surface area contributed by atoms with Gasteiger partial charge in [-0.1, -0.05) is 6.07 Å². The summed E-state index contributed by atoms with van der Waals surface area (Å²) in [5.41, 5.74) is 0.502. The Bertz CT molecular complexity index is 460. The molecule has 14 heavy (non-hydrogen) atoms. The number of nitrogens with zero attached hydrogens (tertiary/aromatic N) is 1. The first-order valence-electron chi connectivity index (χ1n) is 3.66. The lowest BCUT2D eigenvalue weighted by Crippen LogP contribution is -2.02. The van der Waals surface area contributed by atoms with Crippen molar-refractivity contribution < 1.29 is 13.5 Å². The number of fused-ring (bicyclic) bond motifs is 1. The van der Waals surface area contributed by atoms with Crippen LogP contribution in [0.25, 0.3) is 10.2 Å². The lowest BCUT2D eigenvalue weighted by Gasteiger charge is -2.03. The van der Waals surface area contributed by atoms with Crippen molar-refractivity contribution in [3.05, 3.63) is 21.2 Å². The number of ether oxygens (including phenoxy) is 1. The molecule has 0 aliphatic heterocycles. The smallest absolute Gasteiger partial charge is 0.387 e. The highest BCUT2D eigenvalue weighted by atomic mass is 127. The van der Waals surface area contributed by atoms with Gasteiger partial charge in [0.1, 0.15) is 5.52 Å². The minimum Gasteiger partial charge on any atom is -0.432 e. The average molecular weight is 327 g/mol. The van der Waals surface area contributed by atoms with Crippen molar-refractivity contribution in [1.82, 2.24) is 4.98 Å². The van der Waals surface area contributed by atoms with Crippen LogP contribution in [-0.4, -0.2) is 11.6 Å². The molecule has 6 heteroatoms. The molecule has 0 bridgehead atoms. The number of alkyl halides is 2. The summed E-state index contributed by atoms with van der Waals surface area (Å²) in [5, 5.41) is 0. The van der Waals surface area contributed by atoms with E-state index in [-0.39, 0.29) is 5.75 Å². The van der Waals surface area contributed by atoms with Crippen molar-refractivity contribution in [3.8, 4) is 5.75 Å². The number of aromatic nitrogens is 1. The van der Waals surface area contributed by atoms with E-state index >= 15 is 0 Å². The third-order valence-electron chi connectivity index (χ3n) is 1.57. The van der Waals surface area contributed by atoms with Crippen LogP contribution in [0.1, 0.15) is 0 Å². The van der Waals surface area contributed by atoms with E-state index in [1.165, 1.54) is 17.4 Å². The Morgan fingerprint density at radius 1 is 1.43 bits per heavy atom. The van der Waals surface area contributed by atoms with Crippen molar-refractivity contribution in [1.29, 1.82) is 0 Å². The van der Waals surface area contributed by atoms with Gasteiger partial charge in [-0.2, -0.15) is 8.78 Å². The van der Waals surface area contributed by atoms with E-state index in [1.54, 1.807) is 6.07 Å². The van der Waals surface area contributed by atoms with Gasteiger partial charge >= 0.3 is 6.61 Å². The molecule has 74 valence electrons. The van der Waals surface area contributed by atoms with E-state index < -0.39 is 6.61 Å². The first-order chi connectivity index (χ1) is 6.66. The molecule has 2 nitrogen and oxygen atoms in total. The summed E-state index contributed by atoms with van der Waals surface area (Å²) in [6.45, 7) is -2.81. The Balaban J connectivity index is 2.53. The van der Waals surface area contributed by atoms with Gasteiger partial charge in [-0.05, 0) is 34.7 Å². The number of thiazole rings is 1. The van der Waals surface area contributed by atoms with Crippen LogP contribution in [0.4, 0.5) is 8.78 Å². The van der Waals surface area contributed by atoms with Crippen molar-refractivity contribution >= 4 is 44.1 Å². The highest BCUT2D eigenvalue weighted by Crippen LogP contribution is 2.30. The molecule has 0 N–H and O–H groups in total. The van der Waals surface area contributed by atoms with E-state index in [1.807, 2.05) is 28.7 Å². The minimum absolute atomic E-state index is 0.136. The Hall–Kier alpha value is -0.500. The van der Waals surface area contributed by atoms with Gasteiger partial charge in [0.2, 0.25) is 0 Å². The lowest BCUT2D eigenvalue weighted by molar-refractivity contribution is -0.0489. The second-order valence-corrected chi connectivity index (χ2v) is 5.23. The molecule has 2 rings (SSSR count). The fraction of sp³-hybridized carbons (Fsp3) is 0.125. The average Bonchev–Trinajstić information content (AvgIpc) is 2.45. The molecule has 1 heterocycles. The number of para-hydroxylation sites is 1. The maximum Gasteiger partial charge on any atom is 0.387 e. The van der Waals surface area contributed by atoms with Crippen molar-refractivity contribution in [3.63, 3.8) is 0 Å². The maximum atomic E-state index is 12.0. The van der Waals surface area contributed by atoms with E-state index in [0.717, 1.165) is 7.71 Å². The Kier molecular flexibility index (Phi) is 2.82. The number of benzene rings is 1. The quantitative estimate of drug-likeness (QED) is 0.788. The second kappa shape index (κ2) is 3.93. The monoisotopic (exact) mass is 327 g/mol. The zero-order valence-electron chi connectivity index (χ0n) is 6.71. The first-order valence-corrected chi connectivity index (χ1v) is 5.56. The highest BCUT2D eigenvalue weighted by molar-refractivity contribution is 14.1. The van der Waals surface area contributed by atoms with Gasteiger partial charge in [0.05, 0.1) is 4.70 Å². The summed E-state index contributed by atoms with van der Waals surface area (Å²) in [7, 11) is 0. The highest BCUT2D eigenvalue weighted by Gasteiger charge is 2.11. The van der Waals surface area contributed by atoms with E-state index in [2.05, 4.69) is 9.72 Å². The second-order valence-electron chi connectivity index (χ2n) is 2.45. The van der Waals surface area contributed by atoms with Gasteiger partial charge in [-0.15, -0.1) is 11.3 Å². The van der Waals surface area contributed by atoms with Crippen molar-refractivity contribution in [2.24, 2.45) is 0 Å². The number of rotatable bonds is 2. The van der Waals surface area contributed by atoms with Crippen LogP contribution >= 0.6 is 33.9 Å². The Labute approximate surface area is 96.0 Å². The minimum atomic E-state index is -2.81. The summed E-state index contributed by atoms with van der Waals surface area (Å²) >= 11 is 3.49. The molecule has 0 radical (unpaired) electrons. The normalized spacial score (nSPS) is 11.1. The Morgan fingerprint density at radius 2 is 2.21 bits per heavy atom. The van der Waals surface area contributed by atoms with Gasteiger partial charge in [0.25, 0.3) is 0 Å². The lowest BCUT2D eigenvalue weighted by atomic mass is 10.3. The molecule has 0 unspecified atom stereocenters. The predicted octanol–water partition coefficient (Wildman–Crippen LogP) is 3.50. The molecule has 1 aromatic heterocycles. The molecule has 0 saturated heterocycles. The van der Waals surface area contributed by atoms with Crippen LogP contribution in [0.5, 0.6) is 5.75 Å². The summed E-state index contributed by atoms with van der Waals surface area (Å²) in [5.74, 6) is 0.136. The number of hydrogen-bond acceptors (Lipinski definition) is 3. The van der Waals surface area contributed by atoms with Crippen LogP contribution < -0.4 is 4.74 Å². The largest absolute Gasteiger partial charge is 0.432 e. The first kappa shape index (κ1) is 10.0. The number of halogens is 3. The summed E-state index contributed by atoms with van der Waals surface area (Å²) < 4.78 is 30.0. The molecule has 0 atom stereocenters. The van der Waals surface area contributed by atoms with Crippen LogP contribution in [0, 0.1) is 3.01 Å². The van der Waals surface area contributed by atoms with Crippen LogP contribution in [0.2, 0.25) is 0 Å². The van der Waals surface area contributed by atoms with E-state index in [0.29, 0.717) is 5.52 Å². The molecular weight excluding hydrogens is 323 g/mol. The van der Waals surface area contributed by atoms with Crippen LogP contribution in [0.3, 0.4) is 0 Å². The SMILES string of the molecule is FC(F)Oc1cccc2sc(I)nc12. The summed E-state index contributed by atoms with van der Waals surface area (Å²) in [6.07, 6.45) is 0. The molecule has 0 aliphatic rings. The van der Waals surface area contributed by atoms with E-state index in [9.17, 15) is 8.78 Å². The molecule has 0 saturated carbocycles. The molecular formula is C8H4F2INOS. The zero-order valence-corrected chi connectivity index (χ0v) is 9.68. The summed E-state index contributed by atoms with van der Waals surface area (Å²) in [4.78, 5) is 4.11. The standard InChI is InChI=1S/C8H4F2INOS/c9-7(10)13-4-2-1-3-5-6(4)12-8(11)14-5/h1-3,7H. The fourth-order valence-electron chi connectivity index (χ4n) is 1.09. The molecule has 0 amide bonds. The molecule has 1 aromatic carbocycles. The maximum absolute atomic E-state index is 12.0. The molecule has 0 fully saturated rings. The Morgan fingerprint density at radius 3 is 2.93 bits per heavy atom. The van der Waals surface area contributed by atoms with Crippen molar-refractivity contribution in [2.45, 2.75) is 6.61 Å². The molecule has 0 aliphatic carbocycles. The predicted molar refractivity (Wildman–Crippen MR) is 59.0 cm³/mol. The zero-order chi connectivity index (χ0) is 10.1. The van der Waals surface area contributed by atoms with Gasteiger partial charge in [0, 0.05) is 0 Å². The third-order valence-corrected chi connectivity index (χ3v) is 3.28. The number of hydrogen-bond donors (Lipinski definition) is 0. The van der Waals surface area contributed by atoms with Crippen LogP contribution in [0.15, 0.2) is 18.2 Å². The van der Waals surface area contributed by atoms with Gasteiger partial charge in [-0.3, -0.25) is 0 Å². The van der Waals surface area contributed by atoms with Gasteiger partial charge < -0.3 is 4.74 Å². The van der Waals surface area contributed by atoms with Crippen LogP contribution in [-0.2, 0) is 0 Å². The molecule has 0 spiro atoms. The fourth-order valence-corrected chi connectivity index (χ4v) is 2.75.